The van der Waals surface area contributed by atoms with Crippen molar-refractivity contribution in [1.29, 1.82) is 0 Å². The molecule has 28 heavy (non-hydrogen) atoms. The van der Waals surface area contributed by atoms with Crippen LogP contribution in [0.2, 0.25) is 0 Å². The minimum atomic E-state index is -4.61. The van der Waals surface area contributed by atoms with Crippen LogP contribution in [0.3, 0.4) is 0 Å². The molecule has 1 fully saturated rings. The van der Waals surface area contributed by atoms with E-state index in [1.807, 2.05) is 0 Å². The molecule has 1 saturated carbocycles. The Balaban J connectivity index is 1.70. The number of anilines is 1. The van der Waals surface area contributed by atoms with Crippen LogP contribution in [0.1, 0.15) is 36.6 Å². The van der Waals surface area contributed by atoms with Gasteiger partial charge in [-0.25, -0.2) is 0 Å². The first-order chi connectivity index (χ1) is 13.2. The van der Waals surface area contributed by atoms with Gasteiger partial charge in [0.15, 0.2) is 5.69 Å². The zero-order valence-corrected chi connectivity index (χ0v) is 15.9. The predicted octanol–water partition coefficient (Wildman–Crippen LogP) is 5.17. The fourth-order valence-corrected chi connectivity index (χ4v) is 3.57. The van der Waals surface area contributed by atoms with Crippen LogP contribution >= 0.6 is 15.9 Å². The van der Waals surface area contributed by atoms with Gasteiger partial charge in [-0.05, 0) is 40.9 Å². The highest BCUT2D eigenvalue weighted by molar-refractivity contribution is 9.10. The maximum absolute atomic E-state index is 13.1. The SMILES string of the molecule is O=C(CCn1nc(C(F)(F)F)c(Br)c1C1CC1)Nc1ccccc1OC(F)F. The fourth-order valence-electron chi connectivity index (χ4n) is 2.74. The minimum absolute atomic E-state index is 0.0267. The third-order valence-corrected chi connectivity index (χ3v) is 4.87. The van der Waals surface area contributed by atoms with Crippen molar-refractivity contribution in [1.82, 2.24) is 9.78 Å². The largest absolute Gasteiger partial charge is 0.436 e. The number of nitrogens with one attached hydrogen (secondary N) is 1. The lowest BCUT2D eigenvalue weighted by Crippen LogP contribution is -2.17. The Labute approximate surface area is 165 Å². The average Bonchev–Trinajstić information content (AvgIpc) is 3.36. The molecule has 1 aliphatic carbocycles. The van der Waals surface area contributed by atoms with Crippen LogP contribution in [-0.4, -0.2) is 22.3 Å². The van der Waals surface area contributed by atoms with Gasteiger partial charge < -0.3 is 10.1 Å². The number of para-hydroxylation sites is 2. The lowest BCUT2D eigenvalue weighted by atomic mass is 10.2. The molecule has 0 atom stereocenters. The zero-order valence-electron chi connectivity index (χ0n) is 14.3. The highest BCUT2D eigenvalue weighted by Gasteiger charge is 2.41. The van der Waals surface area contributed by atoms with E-state index in [1.165, 1.54) is 28.9 Å². The first-order valence-corrected chi connectivity index (χ1v) is 9.13. The summed E-state index contributed by atoms with van der Waals surface area (Å²) in [7, 11) is 0. The van der Waals surface area contributed by atoms with Crippen molar-refractivity contribution in [3.05, 3.63) is 40.1 Å². The molecule has 1 aromatic carbocycles. The van der Waals surface area contributed by atoms with Crippen molar-refractivity contribution in [2.75, 3.05) is 5.32 Å². The monoisotopic (exact) mass is 467 g/mol. The van der Waals surface area contributed by atoms with E-state index in [4.69, 9.17) is 0 Å². The number of alkyl halides is 5. The Bertz CT molecular complexity index is 865. The van der Waals surface area contributed by atoms with Gasteiger partial charge in [0.05, 0.1) is 22.4 Å². The number of halogens is 6. The number of benzene rings is 1. The standard InChI is InChI=1S/C17H15BrF5N3O2/c18-13-14(9-5-6-9)26(25-15(13)17(21,22)23)8-7-12(27)24-10-3-1-2-4-11(10)28-16(19)20/h1-4,9,16H,5-8H2,(H,24,27). The van der Waals surface area contributed by atoms with Crippen LogP contribution in [0.4, 0.5) is 27.6 Å². The number of carbonyl (C=O) groups excluding carboxylic acids is 1. The molecule has 3 rings (SSSR count). The molecule has 0 bridgehead atoms. The molecular weight excluding hydrogens is 453 g/mol. The van der Waals surface area contributed by atoms with Crippen molar-refractivity contribution in [3.63, 3.8) is 0 Å². The van der Waals surface area contributed by atoms with E-state index >= 15 is 0 Å². The van der Waals surface area contributed by atoms with E-state index in [0.717, 1.165) is 12.8 Å². The molecule has 0 radical (unpaired) electrons. The summed E-state index contributed by atoms with van der Waals surface area (Å²) in [6.45, 7) is -3.13. The molecule has 2 aromatic rings. The Morgan fingerprint density at radius 1 is 1.32 bits per heavy atom. The van der Waals surface area contributed by atoms with Crippen LogP contribution in [0, 0.1) is 0 Å². The number of hydrogen-bond donors (Lipinski definition) is 1. The zero-order chi connectivity index (χ0) is 20.5. The van der Waals surface area contributed by atoms with Gasteiger partial charge in [-0.15, -0.1) is 0 Å². The molecule has 0 aliphatic heterocycles. The van der Waals surface area contributed by atoms with Crippen molar-refractivity contribution in [2.45, 2.75) is 44.5 Å². The van der Waals surface area contributed by atoms with E-state index in [9.17, 15) is 26.7 Å². The normalized spacial score (nSPS) is 14.4. The number of amides is 1. The van der Waals surface area contributed by atoms with Crippen LogP contribution in [-0.2, 0) is 17.5 Å². The molecular formula is C17H15BrF5N3O2. The molecule has 1 heterocycles. The van der Waals surface area contributed by atoms with Gasteiger partial charge >= 0.3 is 12.8 Å². The van der Waals surface area contributed by atoms with E-state index in [0.29, 0.717) is 5.69 Å². The number of hydrogen-bond acceptors (Lipinski definition) is 3. The van der Waals surface area contributed by atoms with Crippen LogP contribution in [0.5, 0.6) is 5.75 Å². The summed E-state index contributed by atoms with van der Waals surface area (Å²) in [5, 5.41) is 6.05. The molecule has 0 saturated heterocycles. The van der Waals surface area contributed by atoms with E-state index < -0.39 is 24.4 Å². The van der Waals surface area contributed by atoms with Gasteiger partial charge in [-0.3, -0.25) is 9.48 Å². The first kappa shape index (κ1) is 20.6. The van der Waals surface area contributed by atoms with Gasteiger partial charge in [0.25, 0.3) is 0 Å². The summed E-state index contributed by atoms with van der Waals surface area (Å²) in [6.07, 6.45) is -3.28. The third-order valence-electron chi connectivity index (χ3n) is 4.09. The molecule has 11 heteroatoms. The molecule has 1 amide bonds. The second kappa shape index (κ2) is 8.06. The third kappa shape index (κ3) is 4.81. The number of aryl methyl sites for hydroxylation is 1. The Morgan fingerprint density at radius 2 is 2.00 bits per heavy atom. The maximum Gasteiger partial charge on any atom is 0.436 e. The summed E-state index contributed by atoms with van der Waals surface area (Å²) in [6, 6.07) is 5.65. The van der Waals surface area contributed by atoms with Crippen LogP contribution in [0.15, 0.2) is 28.7 Å². The number of rotatable bonds is 7. The van der Waals surface area contributed by atoms with Gasteiger partial charge in [-0.2, -0.15) is 27.1 Å². The predicted molar refractivity (Wildman–Crippen MR) is 93.2 cm³/mol. The van der Waals surface area contributed by atoms with Crippen LogP contribution < -0.4 is 10.1 Å². The van der Waals surface area contributed by atoms with Gasteiger partial charge in [0, 0.05) is 12.3 Å². The second-order valence-corrected chi connectivity index (χ2v) is 7.01. The maximum atomic E-state index is 13.1. The van der Waals surface area contributed by atoms with E-state index in [2.05, 4.69) is 31.1 Å². The highest BCUT2D eigenvalue weighted by Crippen LogP contribution is 2.47. The summed E-state index contributed by atoms with van der Waals surface area (Å²) in [5.41, 5.74) is -0.556. The van der Waals surface area contributed by atoms with E-state index in [-0.39, 0.29) is 34.8 Å². The topological polar surface area (TPSA) is 56.2 Å². The fraction of sp³-hybridized carbons (Fsp3) is 0.412. The minimum Gasteiger partial charge on any atom is -0.433 e. The summed E-state index contributed by atoms with van der Waals surface area (Å²) in [5.74, 6) is -0.792. The highest BCUT2D eigenvalue weighted by atomic mass is 79.9. The number of aromatic nitrogens is 2. The van der Waals surface area contributed by atoms with Crippen molar-refractivity contribution in [3.8, 4) is 5.75 Å². The number of carbonyl (C=O) groups is 1. The summed E-state index contributed by atoms with van der Waals surface area (Å²) in [4.78, 5) is 12.2. The Hall–Kier alpha value is -2.17. The lowest BCUT2D eigenvalue weighted by Gasteiger charge is -2.12. The first-order valence-electron chi connectivity index (χ1n) is 8.34. The molecule has 1 aliphatic rings. The molecule has 0 unspecified atom stereocenters. The summed E-state index contributed by atoms with van der Waals surface area (Å²) < 4.78 is 69.6. The molecule has 0 spiro atoms. The van der Waals surface area contributed by atoms with E-state index in [1.54, 1.807) is 0 Å². The Kier molecular flexibility index (Phi) is 5.92. The van der Waals surface area contributed by atoms with Gasteiger partial charge in [-0.1, -0.05) is 12.1 Å². The molecule has 1 aromatic heterocycles. The number of ether oxygens (including phenoxy) is 1. The number of nitrogens with zero attached hydrogens (tertiary/aromatic N) is 2. The van der Waals surface area contributed by atoms with Crippen molar-refractivity contribution < 1.29 is 31.5 Å². The summed E-state index contributed by atoms with van der Waals surface area (Å²) >= 11 is 2.98. The molecule has 1 N–H and O–H groups in total. The molecule has 5 nitrogen and oxygen atoms in total. The van der Waals surface area contributed by atoms with Crippen molar-refractivity contribution >= 4 is 27.5 Å². The van der Waals surface area contributed by atoms with Gasteiger partial charge in [0.2, 0.25) is 5.91 Å². The second-order valence-electron chi connectivity index (χ2n) is 6.22. The van der Waals surface area contributed by atoms with Crippen LogP contribution in [0.25, 0.3) is 0 Å². The smallest absolute Gasteiger partial charge is 0.433 e. The quantitative estimate of drug-likeness (QED) is 0.571. The average molecular weight is 468 g/mol. The van der Waals surface area contributed by atoms with Crippen molar-refractivity contribution in [2.24, 2.45) is 0 Å². The van der Waals surface area contributed by atoms with Gasteiger partial charge in [0.1, 0.15) is 5.75 Å². The molecule has 152 valence electrons. The Morgan fingerprint density at radius 3 is 2.61 bits per heavy atom. The lowest BCUT2D eigenvalue weighted by molar-refractivity contribution is -0.142.